The molecule has 3 heteroatoms. The van der Waals surface area contributed by atoms with E-state index in [-0.39, 0.29) is 0 Å². The Morgan fingerprint density at radius 3 is 2.05 bits per heavy atom. The number of rotatable bonds is 3. The Bertz CT molecular complexity index is 340. The summed E-state index contributed by atoms with van der Waals surface area (Å²) in [6, 6.07) is 0. The minimum atomic E-state index is 0.429. The summed E-state index contributed by atoms with van der Waals surface area (Å²) >= 11 is 1.55. The molecule has 4 aliphatic carbocycles. The molecule has 0 amide bonds. The van der Waals surface area contributed by atoms with E-state index in [0.29, 0.717) is 10.5 Å². The average Bonchev–Trinajstić information content (AvgIpc) is 2.78. The van der Waals surface area contributed by atoms with Crippen LogP contribution in [-0.4, -0.2) is 22.5 Å². The number of carbonyl (C=O) groups excluding carboxylic acids is 1. The van der Waals surface area contributed by atoms with Gasteiger partial charge in [0.1, 0.15) is 0 Å². The molecule has 5 fully saturated rings. The van der Waals surface area contributed by atoms with Gasteiger partial charge in [-0.25, -0.2) is 4.31 Å². The average molecular weight is 279 g/mol. The van der Waals surface area contributed by atoms with Crippen molar-refractivity contribution < 1.29 is 4.79 Å². The van der Waals surface area contributed by atoms with Crippen molar-refractivity contribution in [3.05, 3.63) is 0 Å². The van der Waals surface area contributed by atoms with Crippen LogP contribution in [0.2, 0.25) is 0 Å². The minimum Gasteiger partial charge on any atom is -0.286 e. The zero-order valence-electron chi connectivity index (χ0n) is 11.8. The van der Waals surface area contributed by atoms with Gasteiger partial charge in [0.05, 0.1) is 0 Å². The summed E-state index contributed by atoms with van der Waals surface area (Å²) in [4.78, 5) is 12.4. The zero-order chi connectivity index (χ0) is 12.9. The first-order valence-electron chi connectivity index (χ1n) is 8.17. The van der Waals surface area contributed by atoms with Crippen LogP contribution in [0.1, 0.15) is 57.8 Å². The van der Waals surface area contributed by atoms with E-state index in [2.05, 4.69) is 4.31 Å². The van der Waals surface area contributed by atoms with Crippen LogP contribution in [0.5, 0.6) is 0 Å². The SMILES string of the molecule is O=C(CC12CC3CC(CC(C3)C1)C2)SN1CCCC1. The number of nitrogens with zero attached hydrogens (tertiary/aromatic N) is 1. The second-order valence-corrected chi connectivity index (χ2v) is 8.85. The van der Waals surface area contributed by atoms with Gasteiger partial charge in [0, 0.05) is 19.5 Å². The highest BCUT2D eigenvalue weighted by molar-refractivity contribution is 8.11. The first-order chi connectivity index (χ1) is 9.21. The third kappa shape index (κ3) is 2.49. The molecule has 5 aliphatic rings. The van der Waals surface area contributed by atoms with Crippen molar-refractivity contribution in [1.82, 2.24) is 4.31 Å². The maximum absolute atomic E-state index is 12.4. The molecule has 1 saturated heterocycles. The van der Waals surface area contributed by atoms with Gasteiger partial charge in [-0.3, -0.25) is 4.79 Å². The third-order valence-electron chi connectivity index (χ3n) is 5.98. The molecule has 2 nitrogen and oxygen atoms in total. The lowest BCUT2D eigenvalue weighted by Gasteiger charge is -2.56. The largest absolute Gasteiger partial charge is 0.286 e. The Labute approximate surface area is 120 Å². The standard InChI is InChI=1S/C16H25NOS/c18-15(19-17-3-1-2-4-17)11-16-8-12-5-13(9-16)7-14(6-12)10-16/h12-14H,1-11H2. The first-order valence-corrected chi connectivity index (χ1v) is 8.94. The third-order valence-corrected chi connectivity index (χ3v) is 6.95. The molecule has 106 valence electrons. The van der Waals surface area contributed by atoms with E-state index in [1.807, 2.05) is 0 Å². The minimum absolute atomic E-state index is 0.429. The number of carbonyl (C=O) groups is 1. The molecule has 0 N–H and O–H groups in total. The summed E-state index contributed by atoms with van der Waals surface area (Å²) in [5, 5.41) is 0.462. The van der Waals surface area contributed by atoms with E-state index in [0.717, 1.165) is 37.3 Å². The Morgan fingerprint density at radius 1 is 1.00 bits per heavy atom. The lowest BCUT2D eigenvalue weighted by Crippen LogP contribution is -2.46. The molecule has 4 saturated carbocycles. The second-order valence-electron chi connectivity index (χ2n) is 7.69. The molecule has 1 aliphatic heterocycles. The van der Waals surface area contributed by atoms with E-state index in [9.17, 15) is 4.79 Å². The monoisotopic (exact) mass is 279 g/mol. The summed E-state index contributed by atoms with van der Waals surface area (Å²) in [6.07, 6.45) is 12.0. The van der Waals surface area contributed by atoms with Gasteiger partial charge in [-0.05, 0) is 86.5 Å². The van der Waals surface area contributed by atoms with Crippen molar-refractivity contribution in [2.24, 2.45) is 23.2 Å². The van der Waals surface area contributed by atoms with Gasteiger partial charge in [-0.1, -0.05) is 0 Å². The predicted octanol–water partition coefficient (Wildman–Crippen LogP) is 3.86. The van der Waals surface area contributed by atoms with Crippen molar-refractivity contribution >= 4 is 17.1 Å². The van der Waals surface area contributed by atoms with Gasteiger partial charge in [-0.2, -0.15) is 0 Å². The molecule has 0 unspecified atom stereocenters. The quantitative estimate of drug-likeness (QED) is 0.732. The molecular formula is C16H25NOS. The molecule has 0 aromatic heterocycles. The summed E-state index contributed by atoms with van der Waals surface area (Å²) < 4.78 is 2.29. The highest BCUT2D eigenvalue weighted by atomic mass is 32.2. The maximum atomic E-state index is 12.4. The van der Waals surface area contributed by atoms with Crippen molar-refractivity contribution in [2.45, 2.75) is 57.8 Å². The predicted molar refractivity (Wildman–Crippen MR) is 78.6 cm³/mol. The fourth-order valence-electron chi connectivity index (χ4n) is 5.77. The van der Waals surface area contributed by atoms with Crippen LogP contribution in [0.15, 0.2) is 0 Å². The Hall–Kier alpha value is -0.0200. The summed E-state index contributed by atoms with van der Waals surface area (Å²) in [7, 11) is 0. The highest BCUT2D eigenvalue weighted by Gasteiger charge is 2.51. The van der Waals surface area contributed by atoms with Crippen LogP contribution in [0.4, 0.5) is 0 Å². The van der Waals surface area contributed by atoms with Crippen LogP contribution in [-0.2, 0) is 4.79 Å². The molecule has 0 spiro atoms. The molecule has 19 heavy (non-hydrogen) atoms. The molecule has 0 atom stereocenters. The normalized spacial score (nSPS) is 44.9. The van der Waals surface area contributed by atoms with Gasteiger partial charge in [0.2, 0.25) is 5.12 Å². The van der Waals surface area contributed by atoms with E-state index in [1.165, 1.54) is 51.4 Å². The summed E-state index contributed by atoms with van der Waals surface area (Å²) in [5.74, 6) is 2.91. The molecule has 5 rings (SSSR count). The van der Waals surface area contributed by atoms with E-state index >= 15 is 0 Å². The van der Waals surface area contributed by atoms with Gasteiger partial charge in [0.25, 0.3) is 0 Å². The van der Waals surface area contributed by atoms with E-state index < -0.39 is 0 Å². The fourth-order valence-corrected chi connectivity index (χ4v) is 6.87. The summed E-state index contributed by atoms with van der Waals surface area (Å²) in [5.41, 5.74) is 0.429. The lowest BCUT2D eigenvalue weighted by atomic mass is 9.49. The highest BCUT2D eigenvalue weighted by Crippen LogP contribution is 2.61. The number of hydrogen-bond acceptors (Lipinski definition) is 3. The molecular weight excluding hydrogens is 254 g/mol. The van der Waals surface area contributed by atoms with E-state index in [4.69, 9.17) is 0 Å². The van der Waals surface area contributed by atoms with Crippen molar-refractivity contribution in [3.8, 4) is 0 Å². The van der Waals surface area contributed by atoms with Crippen LogP contribution in [0.25, 0.3) is 0 Å². The lowest BCUT2D eigenvalue weighted by molar-refractivity contribution is -0.119. The van der Waals surface area contributed by atoms with Gasteiger partial charge < -0.3 is 0 Å². The maximum Gasteiger partial charge on any atom is 0.204 e. The summed E-state index contributed by atoms with van der Waals surface area (Å²) in [6.45, 7) is 2.24. The fraction of sp³-hybridized carbons (Fsp3) is 0.938. The van der Waals surface area contributed by atoms with Gasteiger partial charge in [0.15, 0.2) is 0 Å². The Morgan fingerprint density at radius 2 is 1.53 bits per heavy atom. The second kappa shape index (κ2) is 4.77. The van der Waals surface area contributed by atoms with Crippen molar-refractivity contribution in [1.29, 1.82) is 0 Å². The Kier molecular flexibility index (Phi) is 3.19. The van der Waals surface area contributed by atoms with Gasteiger partial charge >= 0.3 is 0 Å². The number of hydrogen-bond donors (Lipinski definition) is 0. The van der Waals surface area contributed by atoms with E-state index in [1.54, 1.807) is 11.9 Å². The van der Waals surface area contributed by atoms with Gasteiger partial charge in [-0.15, -0.1) is 0 Å². The molecule has 1 heterocycles. The van der Waals surface area contributed by atoms with Crippen LogP contribution in [0, 0.1) is 23.2 Å². The topological polar surface area (TPSA) is 20.3 Å². The van der Waals surface area contributed by atoms with Crippen LogP contribution in [0.3, 0.4) is 0 Å². The first kappa shape index (κ1) is 12.7. The van der Waals surface area contributed by atoms with Crippen LogP contribution >= 0.6 is 11.9 Å². The van der Waals surface area contributed by atoms with Crippen molar-refractivity contribution in [2.75, 3.05) is 13.1 Å². The smallest absolute Gasteiger partial charge is 0.204 e. The van der Waals surface area contributed by atoms with Crippen LogP contribution < -0.4 is 0 Å². The molecule has 0 aromatic carbocycles. The Balaban J connectivity index is 1.40. The molecule has 0 aromatic rings. The molecule has 4 bridgehead atoms. The molecule has 0 radical (unpaired) electrons. The zero-order valence-corrected chi connectivity index (χ0v) is 12.6. The van der Waals surface area contributed by atoms with Crippen molar-refractivity contribution in [3.63, 3.8) is 0 Å².